The van der Waals surface area contributed by atoms with Crippen LogP contribution in [0.5, 0.6) is 0 Å². The number of ether oxygens (including phenoxy) is 1. The van der Waals surface area contributed by atoms with Gasteiger partial charge in [0.15, 0.2) is 15.8 Å². The fourth-order valence-corrected chi connectivity index (χ4v) is 4.22. The zero-order valence-corrected chi connectivity index (χ0v) is 15.1. The lowest BCUT2D eigenvalue weighted by Crippen LogP contribution is -2.43. The van der Waals surface area contributed by atoms with Gasteiger partial charge in [0.1, 0.15) is 0 Å². The van der Waals surface area contributed by atoms with Crippen LogP contribution in [0, 0.1) is 5.92 Å². The maximum absolute atomic E-state index is 11.4. The third kappa shape index (κ3) is 6.27. The van der Waals surface area contributed by atoms with Crippen LogP contribution in [0.15, 0.2) is 4.99 Å². The summed E-state index contributed by atoms with van der Waals surface area (Å²) in [6.45, 7) is 8.32. The first-order valence-corrected chi connectivity index (χ1v) is 10.3. The molecule has 0 radical (unpaired) electrons. The van der Waals surface area contributed by atoms with Gasteiger partial charge in [0.2, 0.25) is 0 Å². The standard InChI is InChI=1S/C15H30N4O3S/c1-3-16-15(18(2)12-14-4-9-22-13-14)17-5-6-19-7-10-23(20,21)11-8-19/h14H,3-13H2,1-2H3,(H,16,17). The molecule has 2 aliphatic rings. The summed E-state index contributed by atoms with van der Waals surface area (Å²) < 4.78 is 28.3. The fraction of sp³-hybridized carbons (Fsp3) is 0.933. The van der Waals surface area contributed by atoms with Crippen LogP contribution in [0.1, 0.15) is 13.3 Å². The molecule has 2 fully saturated rings. The predicted octanol–water partition coefficient (Wildman–Crippen LogP) is -0.349. The average Bonchev–Trinajstić information content (AvgIpc) is 3.01. The Kier molecular flexibility index (Phi) is 7.10. The van der Waals surface area contributed by atoms with E-state index in [0.717, 1.165) is 45.2 Å². The summed E-state index contributed by atoms with van der Waals surface area (Å²) in [5.74, 6) is 2.05. The molecule has 134 valence electrons. The second-order valence-corrected chi connectivity index (χ2v) is 8.64. The van der Waals surface area contributed by atoms with Gasteiger partial charge in [-0.3, -0.25) is 9.89 Å². The highest BCUT2D eigenvalue weighted by molar-refractivity contribution is 7.91. The van der Waals surface area contributed by atoms with Crippen LogP contribution >= 0.6 is 0 Å². The first-order valence-electron chi connectivity index (χ1n) is 8.50. The van der Waals surface area contributed by atoms with Crippen molar-refractivity contribution in [2.75, 3.05) is 71.0 Å². The molecule has 0 aliphatic carbocycles. The Morgan fingerprint density at radius 1 is 1.39 bits per heavy atom. The molecule has 1 N–H and O–H groups in total. The van der Waals surface area contributed by atoms with Gasteiger partial charge in [-0.15, -0.1) is 0 Å². The molecule has 1 atom stereocenters. The normalized spacial score (nSPS) is 25.5. The highest BCUT2D eigenvalue weighted by Crippen LogP contribution is 2.13. The van der Waals surface area contributed by atoms with Crippen LogP contribution in [0.25, 0.3) is 0 Å². The van der Waals surface area contributed by atoms with E-state index in [2.05, 4.69) is 34.1 Å². The number of rotatable bonds is 6. The smallest absolute Gasteiger partial charge is 0.193 e. The zero-order chi connectivity index (χ0) is 16.7. The molecule has 0 bridgehead atoms. The van der Waals surface area contributed by atoms with E-state index in [9.17, 15) is 8.42 Å². The van der Waals surface area contributed by atoms with E-state index in [0.29, 0.717) is 25.6 Å². The van der Waals surface area contributed by atoms with E-state index >= 15 is 0 Å². The Balaban J connectivity index is 1.78. The van der Waals surface area contributed by atoms with Gasteiger partial charge in [-0.05, 0) is 13.3 Å². The van der Waals surface area contributed by atoms with Gasteiger partial charge >= 0.3 is 0 Å². The summed E-state index contributed by atoms with van der Waals surface area (Å²) in [4.78, 5) is 9.04. The molecule has 2 saturated heterocycles. The van der Waals surface area contributed by atoms with Crippen molar-refractivity contribution in [2.45, 2.75) is 13.3 Å². The Hall–Kier alpha value is -0.860. The summed E-state index contributed by atoms with van der Waals surface area (Å²) in [5, 5.41) is 3.33. The third-order valence-electron chi connectivity index (χ3n) is 4.37. The van der Waals surface area contributed by atoms with Crippen molar-refractivity contribution in [3.8, 4) is 0 Å². The highest BCUT2D eigenvalue weighted by atomic mass is 32.2. The van der Waals surface area contributed by atoms with Gasteiger partial charge < -0.3 is 15.0 Å². The van der Waals surface area contributed by atoms with Crippen LogP contribution in [0.3, 0.4) is 0 Å². The molecule has 0 spiro atoms. The summed E-state index contributed by atoms with van der Waals surface area (Å²) >= 11 is 0. The van der Waals surface area contributed by atoms with Crippen LogP contribution in [0.2, 0.25) is 0 Å². The Labute approximate surface area is 140 Å². The first-order chi connectivity index (χ1) is 11.0. The Bertz CT molecular complexity index is 475. The van der Waals surface area contributed by atoms with Crippen LogP contribution in [0.4, 0.5) is 0 Å². The number of sulfone groups is 1. The maximum atomic E-state index is 11.4. The summed E-state index contributed by atoms with van der Waals surface area (Å²) in [5.41, 5.74) is 0. The number of aliphatic imine (C=N–C) groups is 1. The minimum absolute atomic E-state index is 0.276. The van der Waals surface area contributed by atoms with E-state index in [1.165, 1.54) is 0 Å². The lowest BCUT2D eigenvalue weighted by Gasteiger charge is -2.27. The van der Waals surface area contributed by atoms with Gasteiger partial charge in [0, 0.05) is 52.3 Å². The van der Waals surface area contributed by atoms with E-state index in [1.807, 2.05) is 0 Å². The van der Waals surface area contributed by atoms with E-state index in [1.54, 1.807) is 0 Å². The summed E-state index contributed by atoms with van der Waals surface area (Å²) in [6, 6.07) is 0. The van der Waals surface area contributed by atoms with Crippen molar-refractivity contribution in [3.05, 3.63) is 0 Å². The van der Waals surface area contributed by atoms with Crippen molar-refractivity contribution < 1.29 is 13.2 Å². The molecule has 2 heterocycles. The fourth-order valence-electron chi connectivity index (χ4n) is 2.94. The van der Waals surface area contributed by atoms with Crippen LogP contribution in [-0.2, 0) is 14.6 Å². The third-order valence-corrected chi connectivity index (χ3v) is 5.98. The predicted molar refractivity (Wildman–Crippen MR) is 92.6 cm³/mol. The number of hydrogen-bond donors (Lipinski definition) is 1. The minimum Gasteiger partial charge on any atom is -0.381 e. The van der Waals surface area contributed by atoms with Gasteiger partial charge in [0.25, 0.3) is 0 Å². The zero-order valence-electron chi connectivity index (χ0n) is 14.3. The molecular formula is C15H30N4O3S. The molecular weight excluding hydrogens is 316 g/mol. The molecule has 0 amide bonds. The van der Waals surface area contributed by atoms with E-state index in [4.69, 9.17) is 4.74 Å². The number of hydrogen-bond acceptors (Lipinski definition) is 5. The van der Waals surface area contributed by atoms with Crippen LogP contribution in [-0.4, -0.2) is 95.2 Å². The number of nitrogens with zero attached hydrogens (tertiary/aromatic N) is 3. The van der Waals surface area contributed by atoms with Crippen molar-refractivity contribution in [1.82, 2.24) is 15.1 Å². The maximum Gasteiger partial charge on any atom is 0.193 e. The molecule has 0 aromatic rings. The highest BCUT2D eigenvalue weighted by Gasteiger charge is 2.21. The minimum atomic E-state index is -2.80. The average molecular weight is 346 g/mol. The number of guanidine groups is 1. The molecule has 23 heavy (non-hydrogen) atoms. The molecule has 0 saturated carbocycles. The number of nitrogens with one attached hydrogen (secondary N) is 1. The summed E-state index contributed by atoms with van der Waals surface area (Å²) in [6.07, 6.45) is 1.12. The Morgan fingerprint density at radius 2 is 2.13 bits per heavy atom. The molecule has 0 aromatic heterocycles. The second-order valence-electron chi connectivity index (χ2n) is 6.34. The van der Waals surface area contributed by atoms with Crippen molar-refractivity contribution in [1.29, 1.82) is 0 Å². The van der Waals surface area contributed by atoms with Gasteiger partial charge in [-0.25, -0.2) is 8.42 Å². The first kappa shape index (κ1) is 18.5. The van der Waals surface area contributed by atoms with E-state index in [-0.39, 0.29) is 11.5 Å². The molecule has 1 unspecified atom stereocenters. The molecule has 8 heteroatoms. The topological polar surface area (TPSA) is 74.2 Å². The quantitative estimate of drug-likeness (QED) is 0.523. The van der Waals surface area contributed by atoms with Gasteiger partial charge in [-0.1, -0.05) is 0 Å². The van der Waals surface area contributed by atoms with Crippen LogP contribution < -0.4 is 5.32 Å². The van der Waals surface area contributed by atoms with Crippen molar-refractivity contribution >= 4 is 15.8 Å². The monoisotopic (exact) mass is 346 g/mol. The lowest BCUT2D eigenvalue weighted by molar-refractivity contribution is 0.181. The van der Waals surface area contributed by atoms with Crippen molar-refractivity contribution in [2.24, 2.45) is 10.9 Å². The van der Waals surface area contributed by atoms with Gasteiger partial charge in [0.05, 0.1) is 24.7 Å². The summed E-state index contributed by atoms with van der Waals surface area (Å²) in [7, 11) is -0.740. The van der Waals surface area contributed by atoms with E-state index < -0.39 is 9.84 Å². The Morgan fingerprint density at radius 3 is 2.74 bits per heavy atom. The van der Waals surface area contributed by atoms with Crippen molar-refractivity contribution in [3.63, 3.8) is 0 Å². The molecule has 2 rings (SSSR count). The second kappa shape index (κ2) is 8.84. The lowest BCUT2D eigenvalue weighted by atomic mass is 10.1. The SMILES string of the molecule is CCNC(=NCCN1CCS(=O)(=O)CC1)N(C)CC1CCOC1. The molecule has 7 nitrogen and oxygen atoms in total. The molecule has 2 aliphatic heterocycles. The largest absolute Gasteiger partial charge is 0.381 e. The molecule has 0 aromatic carbocycles. The van der Waals surface area contributed by atoms with Gasteiger partial charge in [-0.2, -0.15) is 0 Å².